The first kappa shape index (κ1) is 20.1. The van der Waals surface area contributed by atoms with Gasteiger partial charge in [0.05, 0.1) is 11.1 Å². The van der Waals surface area contributed by atoms with Crippen LogP contribution in [0.5, 0.6) is 0 Å². The van der Waals surface area contributed by atoms with E-state index in [1.54, 1.807) is 28.7 Å². The summed E-state index contributed by atoms with van der Waals surface area (Å²) in [6, 6.07) is 15.4. The van der Waals surface area contributed by atoms with Gasteiger partial charge in [0.2, 0.25) is 5.16 Å². The quantitative estimate of drug-likeness (QED) is 0.244. The molecule has 3 aromatic rings. The number of rotatable bonds is 7. The van der Waals surface area contributed by atoms with Crippen LogP contribution in [0.25, 0.3) is 0 Å². The zero-order valence-electron chi connectivity index (χ0n) is 16.6. The topological polar surface area (TPSA) is 89.5 Å². The highest BCUT2D eigenvalue weighted by molar-refractivity contribution is 7.98. The van der Waals surface area contributed by atoms with Crippen molar-refractivity contribution in [2.24, 2.45) is 5.10 Å². The number of aromatic nitrogens is 3. The fraction of sp³-hybridized carbons (Fsp3) is 0.286. The predicted molar refractivity (Wildman–Crippen MR) is 118 cm³/mol. The highest BCUT2D eigenvalue weighted by Crippen LogP contribution is 2.31. The fourth-order valence-corrected chi connectivity index (χ4v) is 4.29. The van der Waals surface area contributed by atoms with E-state index in [9.17, 15) is 10.1 Å². The molecule has 0 unspecified atom stereocenters. The van der Waals surface area contributed by atoms with Crippen LogP contribution in [0.2, 0.25) is 0 Å². The van der Waals surface area contributed by atoms with Crippen LogP contribution in [0.1, 0.15) is 29.8 Å². The summed E-state index contributed by atoms with van der Waals surface area (Å²) in [4.78, 5) is 13.3. The van der Waals surface area contributed by atoms with E-state index in [2.05, 4.69) is 32.3 Å². The number of nitro benzene ring substituents is 1. The molecule has 8 nitrogen and oxygen atoms in total. The lowest BCUT2D eigenvalue weighted by Crippen LogP contribution is -2.19. The average molecular weight is 423 g/mol. The van der Waals surface area contributed by atoms with E-state index in [1.807, 2.05) is 37.3 Å². The SMILES string of the molecule is Cc1nnc(SCc2ccccc2)n1/N=C\c1ccc(N2CCCC2)c([N+](=O)[O-])c1. The van der Waals surface area contributed by atoms with Crippen LogP contribution in [-0.2, 0) is 5.75 Å². The zero-order valence-corrected chi connectivity index (χ0v) is 17.5. The van der Waals surface area contributed by atoms with Gasteiger partial charge in [-0.1, -0.05) is 48.2 Å². The summed E-state index contributed by atoms with van der Waals surface area (Å²) in [7, 11) is 0. The molecule has 30 heavy (non-hydrogen) atoms. The van der Waals surface area contributed by atoms with Crippen molar-refractivity contribution in [2.75, 3.05) is 18.0 Å². The van der Waals surface area contributed by atoms with Crippen molar-refractivity contribution in [3.8, 4) is 0 Å². The third-order valence-electron chi connectivity index (χ3n) is 4.94. The Labute approximate surface area is 178 Å². The number of thioether (sulfide) groups is 1. The molecule has 0 radical (unpaired) electrons. The fourth-order valence-electron chi connectivity index (χ4n) is 3.40. The first-order valence-corrected chi connectivity index (χ1v) is 10.8. The minimum Gasteiger partial charge on any atom is -0.366 e. The van der Waals surface area contributed by atoms with Crippen LogP contribution < -0.4 is 4.90 Å². The molecule has 1 aliphatic heterocycles. The first-order chi connectivity index (χ1) is 14.6. The number of anilines is 1. The van der Waals surface area contributed by atoms with Crippen LogP contribution in [0, 0.1) is 17.0 Å². The molecular weight excluding hydrogens is 400 g/mol. The minimum absolute atomic E-state index is 0.111. The second-order valence-electron chi connectivity index (χ2n) is 7.06. The third kappa shape index (κ3) is 4.51. The smallest absolute Gasteiger partial charge is 0.293 e. The number of benzene rings is 2. The Bertz CT molecular complexity index is 1060. The van der Waals surface area contributed by atoms with Crippen molar-refractivity contribution < 1.29 is 4.92 Å². The number of aryl methyl sites for hydroxylation is 1. The van der Waals surface area contributed by atoms with Gasteiger partial charge in [0, 0.05) is 30.5 Å². The Morgan fingerprint density at radius 2 is 1.93 bits per heavy atom. The monoisotopic (exact) mass is 422 g/mol. The van der Waals surface area contributed by atoms with E-state index in [1.165, 1.54) is 5.56 Å². The van der Waals surface area contributed by atoms with E-state index in [4.69, 9.17) is 0 Å². The highest BCUT2D eigenvalue weighted by Gasteiger charge is 2.22. The molecule has 2 heterocycles. The van der Waals surface area contributed by atoms with Crippen LogP contribution in [0.3, 0.4) is 0 Å². The number of nitro groups is 1. The molecule has 1 aromatic heterocycles. The number of hydrogen-bond acceptors (Lipinski definition) is 7. The molecule has 2 aromatic carbocycles. The summed E-state index contributed by atoms with van der Waals surface area (Å²) < 4.78 is 1.66. The largest absolute Gasteiger partial charge is 0.366 e. The first-order valence-electron chi connectivity index (χ1n) is 9.78. The lowest BCUT2D eigenvalue weighted by Gasteiger charge is -2.17. The zero-order chi connectivity index (χ0) is 20.9. The second kappa shape index (κ2) is 9.08. The van der Waals surface area contributed by atoms with Gasteiger partial charge in [-0.2, -0.15) is 9.78 Å². The van der Waals surface area contributed by atoms with Crippen LogP contribution >= 0.6 is 11.8 Å². The van der Waals surface area contributed by atoms with E-state index in [-0.39, 0.29) is 10.6 Å². The Morgan fingerprint density at radius 3 is 2.67 bits per heavy atom. The van der Waals surface area contributed by atoms with E-state index in [0.29, 0.717) is 22.2 Å². The van der Waals surface area contributed by atoms with Gasteiger partial charge in [0.15, 0.2) is 5.82 Å². The van der Waals surface area contributed by atoms with Gasteiger partial charge in [0.1, 0.15) is 5.69 Å². The molecule has 1 saturated heterocycles. The molecule has 0 N–H and O–H groups in total. The summed E-state index contributed by atoms with van der Waals surface area (Å²) in [6.45, 7) is 3.54. The molecular formula is C21H22N6O2S. The maximum Gasteiger partial charge on any atom is 0.293 e. The lowest BCUT2D eigenvalue weighted by molar-refractivity contribution is -0.384. The van der Waals surface area contributed by atoms with Crippen molar-refractivity contribution in [3.63, 3.8) is 0 Å². The summed E-state index contributed by atoms with van der Waals surface area (Å²) >= 11 is 1.54. The summed E-state index contributed by atoms with van der Waals surface area (Å²) in [6.07, 6.45) is 3.75. The summed E-state index contributed by atoms with van der Waals surface area (Å²) in [5, 5.41) is 25.1. The standard InChI is InChI=1S/C21H22N6O2S/c1-16-23-24-21(30-15-17-7-3-2-4-8-17)26(16)22-14-18-9-10-19(20(13-18)27(28)29)25-11-5-6-12-25/h2-4,7-10,13-14H,5-6,11-12,15H2,1H3/b22-14-. The molecule has 4 rings (SSSR count). The molecule has 1 fully saturated rings. The van der Waals surface area contributed by atoms with Gasteiger partial charge in [-0.3, -0.25) is 10.1 Å². The molecule has 0 amide bonds. The number of nitrogens with zero attached hydrogens (tertiary/aromatic N) is 6. The molecule has 9 heteroatoms. The van der Waals surface area contributed by atoms with Crippen molar-refractivity contribution >= 4 is 29.4 Å². The van der Waals surface area contributed by atoms with Crippen LogP contribution in [0.15, 0.2) is 58.8 Å². The van der Waals surface area contributed by atoms with E-state index in [0.717, 1.165) is 31.7 Å². The molecule has 0 aliphatic carbocycles. The summed E-state index contributed by atoms with van der Waals surface area (Å²) in [5.74, 6) is 1.41. The predicted octanol–water partition coefficient (Wildman–Crippen LogP) is 4.27. The third-order valence-corrected chi connectivity index (χ3v) is 5.93. The normalized spacial score (nSPS) is 14.0. The molecule has 1 aliphatic rings. The van der Waals surface area contributed by atoms with Crippen molar-refractivity contribution in [1.82, 2.24) is 14.9 Å². The van der Waals surface area contributed by atoms with Gasteiger partial charge in [-0.05, 0) is 31.4 Å². The van der Waals surface area contributed by atoms with Crippen LogP contribution in [0.4, 0.5) is 11.4 Å². The van der Waals surface area contributed by atoms with Gasteiger partial charge in [-0.15, -0.1) is 10.2 Å². The molecule has 0 bridgehead atoms. The average Bonchev–Trinajstić information content (AvgIpc) is 3.41. The maximum absolute atomic E-state index is 11.6. The molecule has 0 saturated carbocycles. The number of hydrogen-bond donors (Lipinski definition) is 0. The van der Waals surface area contributed by atoms with Crippen molar-refractivity contribution in [3.05, 3.63) is 75.6 Å². The Morgan fingerprint density at radius 1 is 1.17 bits per heavy atom. The Hall–Kier alpha value is -3.20. The van der Waals surface area contributed by atoms with Crippen molar-refractivity contribution in [2.45, 2.75) is 30.7 Å². The van der Waals surface area contributed by atoms with Gasteiger partial charge in [0.25, 0.3) is 5.69 Å². The van der Waals surface area contributed by atoms with E-state index >= 15 is 0 Å². The van der Waals surface area contributed by atoms with Gasteiger partial charge in [-0.25, -0.2) is 0 Å². The minimum atomic E-state index is -0.323. The second-order valence-corrected chi connectivity index (χ2v) is 8.00. The van der Waals surface area contributed by atoms with Crippen LogP contribution in [-0.4, -0.2) is 39.1 Å². The molecule has 154 valence electrons. The Kier molecular flexibility index (Phi) is 6.08. The highest BCUT2D eigenvalue weighted by atomic mass is 32.2. The molecule has 0 atom stereocenters. The lowest BCUT2D eigenvalue weighted by atomic mass is 10.1. The Balaban J connectivity index is 1.54. The van der Waals surface area contributed by atoms with Gasteiger partial charge >= 0.3 is 0 Å². The van der Waals surface area contributed by atoms with E-state index < -0.39 is 0 Å². The summed E-state index contributed by atoms with van der Waals surface area (Å²) in [5.41, 5.74) is 2.64. The van der Waals surface area contributed by atoms with Gasteiger partial charge < -0.3 is 4.90 Å². The maximum atomic E-state index is 11.6. The van der Waals surface area contributed by atoms with Crippen molar-refractivity contribution in [1.29, 1.82) is 0 Å². The molecule has 0 spiro atoms.